The highest BCUT2D eigenvalue weighted by molar-refractivity contribution is 7.93. The molecule has 0 aliphatic rings. The average molecular weight is 482 g/mol. The minimum Gasteiger partial charge on any atom is -0.280 e. The number of nitro benzene ring substituents is 1. The summed E-state index contributed by atoms with van der Waals surface area (Å²) in [5.74, 6) is 0. The van der Waals surface area contributed by atoms with Gasteiger partial charge in [0.05, 0.1) is 21.2 Å². The molecule has 0 unspecified atom stereocenters. The molecule has 0 fully saturated rings. The van der Waals surface area contributed by atoms with E-state index >= 15 is 0 Å². The van der Waals surface area contributed by atoms with Crippen molar-refractivity contribution in [3.8, 4) is 0 Å². The highest BCUT2D eigenvalue weighted by atomic mass is 35.5. The Morgan fingerprint density at radius 3 is 2.06 bits per heavy atom. The number of benzene rings is 3. The Morgan fingerprint density at radius 2 is 1.42 bits per heavy atom. The molecule has 0 spiro atoms. The molecule has 0 amide bonds. The van der Waals surface area contributed by atoms with E-state index in [-0.39, 0.29) is 16.3 Å². The van der Waals surface area contributed by atoms with Crippen molar-refractivity contribution < 1.29 is 21.8 Å². The quantitative estimate of drug-likeness (QED) is 0.384. The van der Waals surface area contributed by atoms with Crippen molar-refractivity contribution in [1.29, 1.82) is 0 Å². The Morgan fingerprint density at radius 1 is 0.806 bits per heavy atom. The first kappa shape index (κ1) is 22.5. The van der Waals surface area contributed by atoms with Gasteiger partial charge in [-0.15, -0.1) is 0 Å². The summed E-state index contributed by atoms with van der Waals surface area (Å²) >= 11 is 5.88. The van der Waals surface area contributed by atoms with E-state index in [4.69, 9.17) is 11.6 Å². The molecule has 0 aliphatic heterocycles. The second kappa shape index (κ2) is 8.53. The third-order valence-corrected chi connectivity index (χ3v) is 7.35. The van der Waals surface area contributed by atoms with Crippen LogP contribution < -0.4 is 9.44 Å². The lowest BCUT2D eigenvalue weighted by Crippen LogP contribution is -2.17. The molecule has 0 bridgehead atoms. The van der Waals surface area contributed by atoms with Crippen molar-refractivity contribution in [3.05, 3.63) is 87.4 Å². The number of sulfonamides is 2. The monoisotopic (exact) mass is 481 g/mol. The molecule has 0 saturated carbocycles. The summed E-state index contributed by atoms with van der Waals surface area (Å²) in [6.07, 6.45) is 0. The summed E-state index contributed by atoms with van der Waals surface area (Å²) in [6, 6.07) is 14.9. The van der Waals surface area contributed by atoms with Gasteiger partial charge in [-0.3, -0.25) is 19.6 Å². The zero-order valence-electron chi connectivity index (χ0n) is 15.9. The summed E-state index contributed by atoms with van der Waals surface area (Å²) < 4.78 is 55.7. The molecule has 3 aromatic carbocycles. The number of nitrogens with one attached hydrogen (secondary N) is 2. The standard InChI is InChI=1S/C19H16ClN3O6S2/c1-13-9-10-16(22-30(26,27)18-8-3-2-7-17(18)23(24)25)12-19(13)31(28,29)21-15-6-4-5-14(20)11-15/h2-12,21-22H,1H3. The van der Waals surface area contributed by atoms with E-state index < -0.39 is 35.6 Å². The molecule has 12 heteroatoms. The Hall–Kier alpha value is -3.15. The van der Waals surface area contributed by atoms with Crippen molar-refractivity contribution >= 4 is 48.7 Å². The summed E-state index contributed by atoms with van der Waals surface area (Å²) in [7, 11) is -8.43. The van der Waals surface area contributed by atoms with Gasteiger partial charge in [0.1, 0.15) is 0 Å². The lowest BCUT2D eigenvalue weighted by atomic mass is 10.2. The van der Waals surface area contributed by atoms with Gasteiger partial charge in [-0.05, 0) is 48.9 Å². The van der Waals surface area contributed by atoms with Gasteiger partial charge in [0.25, 0.3) is 25.7 Å². The number of anilines is 2. The Kier molecular flexibility index (Phi) is 6.20. The van der Waals surface area contributed by atoms with Crippen molar-refractivity contribution in [3.63, 3.8) is 0 Å². The molecule has 3 rings (SSSR count). The van der Waals surface area contributed by atoms with Gasteiger partial charge in [0, 0.05) is 11.1 Å². The van der Waals surface area contributed by atoms with Crippen LogP contribution in [0.3, 0.4) is 0 Å². The number of hydrogen-bond acceptors (Lipinski definition) is 6. The van der Waals surface area contributed by atoms with Crippen LogP contribution in [0.25, 0.3) is 0 Å². The molecule has 0 aliphatic carbocycles. The first-order valence-corrected chi connectivity index (χ1v) is 12.0. The third-order valence-electron chi connectivity index (χ3n) is 4.16. The zero-order valence-corrected chi connectivity index (χ0v) is 18.3. The topological polar surface area (TPSA) is 135 Å². The molecular weight excluding hydrogens is 466 g/mol. The van der Waals surface area contributed by atoms with Crippen molar-refractivity contribution in [2.24, 2.45) is 0 Å². The number of aryl methyl sites for hydroxylation is 1. The normalized spacial score (nSPS) is 11.7. The van der Waals surface area contributed by atoms with Crippen molar-refractivity contribution in [2.45, 2.75) is 16.7 Å². The number of hydrogen-bond donors (Lipinski definition) is 2. The Labute approximate surface area is 183 Å². The van der Waals surface area contributed by atoms with E-state index in [1.54, 1.807) is 19.1 Å². The first-order chi connectivity index (χ1) is 14.5. The van der Waals surface area contributed by atoms with Crippen LogP contribution in [-0.2, 0) is 20.0 Å². The van der Waals surface area contributed by atoms with Gasteiger partial charge in [0.15, 0.2) is 4.90 Å². The zero-order chi connectivity index (χ0) is 22.8. The summed E-state index contributed by atoms with van der Waals surface area (Å²) in [4.78, 5) is 9.64. The molecule has 9 nitrogen and oxygen atoms in total. The van der Waals surface area contributed by atoms with Gasteiger partial charge in [0.2, 0.25) is 0 Å². The molecule has 0 radical (unpaired) electrons. The van der Waals surface area contributed by atoms with E-state index in [2.05, 4.69) is 9.44 Å². The summed E-state index contributed by atoms with van der Waals surface area (Å²) in [5.41, 5.74) is -0.0752. The van der Waals surface area contributed by atoms with Gasteiger partial charge in [-0.1, -0.05) is 35.9 Å². The maximum absolute atomic E-state index is 12.8. The summed E-state index contributed by atoms with van der Waals surface area (Å²) in [6.45, 7) is 1.55. The molecule has 31 heavy (non-hydrogen) atoms. The Bertz CT molecular complexity index is 1370. The molecule has 2 N–H and O–H groups in total. The number of para-hydroxylation sites is 1. The maximum atomic E-state index is 12.8. The predicted molar refractivity (Wildman–Crippen MR) is 117 cm³/mol. The third kappa shape index (κ3) is 5.13. The van der Waals surface area contributed by atoms with Gasteiger partial charge >= 0.3 is 0 Å². The SMILES string of the molecule is Cc1ccc(NS(=O)(=O)c2ccccc2[N+](=O)[O-])cc1S(=O)(=O)Nc1cccc(Cl)c1. The number of rotatable bonds is 7. The maximum Gasteiger partial charge on any atom is 0.289 e. The molecule has 0 saturated heterocycles. The van der Waals surface area contributed by atoms with Crippen LogP contribution in [0.15, 0.2) is 76.5 Å². The minimum absolute atomic E-state index is 0.0739. The second-order valence-electron chi connectivity index (χ2n) is 6.43. The molecule has 3 aromatic rings. The smallest absolute Gasteiger partial charge is 0.280 e. The van der Waals surface area contributed by atoms with E-state index in [9.17, 15) is 26.9 Å². The highest BCUT2D eigenvalue weighted by Crippen LogP contribution is 2.28. The molecule has 0 heterocycles. The van der Waals surface area contributed by atoms with Gasteiger partial charge < -0.3 is 0 Å². The predicted octanol–water partition coefficient (Wildman–Crippen LogP) is 4.16. The van der Waals surface area contributed by atoms with Crippen LogP contribution in [0.2, 0.25) is 5.02 Å². The molecule has 162 valence electrons. The fourth-order valence-electron chi connectivity index (χ4n) is 2.76. The lowest BCUT2D eigenvalue weighted by molar-refractivity contribution is -0.387. The average Bonchev–Trinajstić information content (AvgIpc) is 2.69. The lowest BCUT2D eigenvalue weighted by Gasteiger charge is -2.13. The molecule has 0 atom stereocenters. The van der Waals surface area contributed by atoms with E-state index in [0.717, 1.165) is 18.2 Å². The van der Waals surface area contributed by atoms with Crippen LogP contribution in [0, 0.1) is 17.0 Å². The number of nitrogens with zero attached hydrogens (tertiary/aromatic N) is 1. The molecular formula is C19H16ClN3O6S2. The van der Waals surface area contributed by atoms with Crippen molar-refractivity contribution in [2.75, 3.05) is 9.44 Å². The number of nitro groups is 1. The van der Waals surface area contributed by atoms with Crippen molar-refractivity contribution in [1.82, 2.24) is 0 Å². The number of halogens is 1. The van der Waals surface area contributed by atoms with Gasteiger partial charge in [-0.2, -0.15) is 0 Å². The Balaban J connectivity index is 1.97. The van der Waals surface area contributed by atoms with Gasteiger partial charge in [-0.25, -0.2) is 16.8 Å². The van der Waals surface area contributed by atoms with E-state index in [1.165, 1.54) is 36.4 Å². The largest absolute Gasteiger partial charge is 0.289 e. The van der Waals surface area contributed by atoms with Crippen LogP contribution in [0.5, 0.6) is 0 Å². The van der Waals surface area contributed by atoms with Crippen LogP contribution in [0.4, 0.5) is 17.1 Å². The minimum atomic E-state index is -4.35. The summed E-state index contributed by atoms with van der Waals surface area (Å²) in [5, 5.41) is 11.5. The van der Waals surface area contributed by atoms with Crippen LogP contribution in [0.1, 0.15) is 5.56 Å². The molecule has 0 aromatic heterocycles. The first-order valence-electron chi connectivity index (χ1n) is 8.65. The fraction of sp³-hybridized carbons (Fsp3) is 0.0526. The second-order valence-corrected chi connectivity index (χ2v) is 10.2. The van der Waals surface area contributed by atoms with Crippen LogP contribution in [-0.4, -0.2) is 21.8 Å². The van der Waals surface area contributed by atoms with E-state index in [0.29, 0.717) is 10.6 Å². The fourth-order valence-corrected chi connectivity index (χ4v) is 5.49. The van der Waals surface area contributed by atoms with E-state index in [1.807, 2.05) is 0 Å². The van der Waals surface area contributed by atoms with Crippen LogP contribution >= 0.6 is 11.6 Å². The highest BCUT2D eigenvalue weighted by Gasteiger charge is 2.26.